The third kappa shape index (κ3) is 11.4. The highest BCUT2D eigenvalue weighted by Crippen LogP contribution is 2.14. The summed E-state index contributed by atoms with van der Waals surface area (Å²) in [7, 11) is 0. The molecule has 0 amide bonds. The molecule has 0 spiro atoms. The first-order chi connectivity index (χ1) is 10.8. The van der Waals surface area contributed by atoms with Crippen molar-refractivity contribution in [1.29, 1.82) is 0 Å². The molecule has 0 aromatic carbocycles. The first-order valence-corrected chi connectivity index (χ1v) is 10.4. The number of thioether (sulfide) groups is 1. The van der Waals surface area contributed by atoms with Crippen LogP contribution in [0.25, 0.3) is 0 Å². The highest BCUT2D eigenvalue weighted by atomic mass is 32.2. The first-order valence-electron chi connectivity index (χ1n) is 9.37. The molecule has 0 aromatic rings. The number of ether oxygens (including phenoxy) is 1. The van der Waals surface area contributed by atoms with E-state index in [0.717, 1.165) is 30.5 Å². The molecule has 1 aliphatic heterocycles. The third-order valence-electron chi connectivity index (χ3n) is 4.22. The van der Waals surface area contributed by atoms with E-state index in [0.29, 0.717) is 6.10 Å². The van der Waals surface area contributed by atoms with Crippen molar-refractivity contribution < 1.29 is 4.74 Å². The summed E-state index contributed by atoms with van der Waals surface area (Å²) in [5, 5.41) is 0.742. The molecule has 1 heterocycles. The fourth-order valence-corrected chi connectivity index (χ4v) is 3.52. The van der Waals surface area contributed by atoms with Crippen molar-refractivity contribution in [2.24, 2.45) is 10.7 Å². The maximum atomic E-state index is 5.93. The molecule has 1 fully saturated rings. The standard InChI is InChI=1S/C18H36N2OS/c1-2-3-4-5-6-7-8-9-10-11-15-22-18(19)20-16-17-13-12-14-21-17/h17H,2-16H2,1H3,(H2,19,20)/t17-/m1/s1. The van der Waals surface area contributed by atoms with E-state index >= 15 is 0 Å². The van der Waals surface area contributed by atoms with Crippen molar-refractivity contribution >= 4 is 16.9 Å². The summed E-state index contributed by atoms with van der Waals surface area (Å²) < 4.78 is 5.54. The van der Waals surface area contributed by atoms with Gasteiger partial charge in [-0.15, -0.1) is 0 Å². The van der Waals surface area contributed by atoms with E-state index in [1.165, 1.54) is 70.6 Å². The van der Waals surface area contributed by atoms with Gasteiger partial charge in [0.2, 0.25) is 0 Å². The minimum absolute atomic E-state index is 0.316. The van der Waals surface area contributed by atoms with Crippen molar-refractivity contribution in [3.05, 3.63) is 0 Å². The molecule has 1 atom stereocenters. The fraction of sp³-hybridized carbons (Fsp3) is 0.944. The van der Waals surface area contributed by atoms with E-state index in [9.17, 15) is 0 Å². The maximum Gasteiger partial charge on any atom is 0.153 e. The van der Waals surface area contributed by atoms with Gasteiger partial charge < -0.3 is 10.5 Å². The average molecular weight is 329 g/mol. The van der Waals surface area contributed by atoms with Gasteiger partial charge in [-0.25, -0.2) is 0 Å². The summed E-state index contributed by atoms with van der Waals surface area (Å²) in [4.78, 5) is 4.42. The van der Waals surface area contributed by atoms with E-state index in [2.05, 4.69) is 11.9 Å². The number of nitrogens with two attached hydrogens (primary N) is 1. The molecule has 0 radical (unpaired) electrons. The third-order valence-corrected chi connectivity index (χ3v) is 5.14. The number of hydrogen-bond donors (Lipinski definition) is 1. The van der Waals surface area contributed by atoms with Gasteiger partial charge in [0.05, 0.1) is 12.6 Å². The second-order valence-corrected chi connectivity index (χ2v) is 7.46. The van der Waals surface area contributed by atoms with E-state index in [1.807, 2.05) is 0 Å². The smallest absolute Gasteiger partial charge is 0.153 e. The van der Waals surface area contributed by atoms with Gasteiger partial charge in [-0.1, -0.05) is 76.5 Å². The lowest BCUT2D eigenvalue weighted by Crippen LogP contribution is -2.14. The normalized spacial score (nSPS) is 19.0. The SMILES string of the molecule is CCCCCCCCCCCCSC(N)=NC[C@H]1CCCO1. The van der Waals surface area contributed by atoms with E-state index in [4.69, 9.17) is 10.5 Å². The topological polar surface area (TPSA) is 47.6 Å². The van der Waals surface area contributed by atoms with E-state index in [-0.39, 0.29) is 0 Å². The summed E-state index contributed by atoms with van der Waals surface area (Å²) in [6, 6.07) is 0. The zero-order valence-electron chi connectivity index (χ0n) is 14.5. The molecule has 0 unspecified atom stereocenters. The molecular formula is C18H36N2OS. The van der Waals surface area contributed by atoms with Crippen LogP contribution in [-0.2, 0) is 4.74 Å². The van der Waals surface area contributed by atoms with Crippen LogP contribution >= 0.6 is 11.8 Å². The van der Waals surface area contributed by atoms with Gasteiger partial charge in [0.25, 0.3) is 0 Å². The predicted molar refractivity (Wildman–Crippen MR) is 99.8 cm³/mol. The van der Waals surface area contributed by atoms with E-state index in [1.54, 1.807) is 11.8 Å². The zero-order valence-corrected chi connectivity index (χ0v) is 15.3. The molecule has 0 saturated carbocycles. The van der Waals surface area contributed by atoms with Gasteiger partial charge in [-0.2, -0.15) is 0 Å². The highest BCUT2D eigenvalue weighted by Gasteiger charge is 2.14. The first kappa shape index (κ1) is 19.8. The van der Waals surface area contributed by atoms with Gasteiger partial charge in [0.15, 0.2) is 5.17 Å². The van der Waals surface area contributed by atoms with Crippen LogP contribution in [0.3, 0.4) is 0 Å². The summed E-state index contributed by atoms with van der Waals surface area (Å²) in [6.45, 7) is 3.92. The van der Waals surface area contributed by atoms with Gasteiger partial charge in [-0.05, 0) is 19.3 Å². The molecule has 22 heavy (non-hydrogen) atoms. The predicted octanol–water partition coefficient (Wildman–Crippen LogP) is 5.13. The zero-order chi connectivity index (χ0) is 15.9. The molecule has 0 aromatic heterocycles. The molecule has 3 nitrogen and oxygen atoms in total. The lowest BCUT2D eigenvalue weighted by molar-refractivity contribution is 0.118. The number of nitrogens with zero attached hydrogens (tertiary/aromatic N) is 1. The minimum atomic E-state index is 0.316. The number of rotatable bonds is 13. The average Bonchev–Trinajstić information content (AvgIpc) is 3.04. The molecule has 0 aliphatic carbocycles. The Morgan fingerprint density at radius 1 is 1.05 bits per heavy atom. The largest absolute Gasteiger partial charge is 0.379 e. The van der Waals surface area contributed by atoms with Gasteiger partial charge >= 0.3 is 0 Å². The summed E-state index contributed by atoms with van der Waals surface area (Å²) in [5.41, 5.74) is 5.93. The van der Waals surface area contributed by atoms with Crippen LogP contribution in [-0.4, -0.2) is 30.2 Å². The van der Waals surface area contributed by atoms with E-state index < -0.39 is 0 Å². The Morgan fingerprint density at radius 2 is 1.68 bits per heavy atom. The lowest BCUT2D eigenvalue weighted by Gasteiger charge is -2.06. The number of hydrogen-bond acceptors (Lipinski definition) is 3. The van der Waals surface area contributed by atoms with Crippen LogP contribution in [0.15, 0.2) is 4.99 Å². The van der Waals surface area contributed by atoms with Crippen LogP contribution in [0, 0.1) is 0 Å². The minimum Gasteiger partial charge on any atom is -0.379 e. The van der Waals surface area contributed by atoms with Crippen LogP contribution in [0.2, 0.25) is 0 Å². The number of amidine groups is 1. The molecule has 1 aliphatic rings. The van der Waals surface area contributed by atoms with Crippen LogP contribution < -0.4 is 5.73 Å². The monoisotopic (exact) mass is 328 g/mol. The van der Waals surface area contributed by atoms with Crippen molar-refractivity contribution in [3.63, 3.8) is 0 Å². The van der Waals surface area contributed by atoms with Crippen molar-refractivity contribution in [2.75, 3.05) is 18.9 Å². The Hall–Kier alpha value is -0.220. The maximum absolute atomic E-state index is 5.93. The quantitative estimate of drug-likeness (QED) is 0.289. The second-order valence-electron chi connectivity index (χ2n) is 6.34. The lowest BCUT2D eigenvalue weighted by atomic mass is 10.1. The highest BCUT2D eigenvalue weighted by molar-refractivity contribution is 8.13. The van der Waals surface area contributed by atoms with Crippen molar-refractivity contribution in [3.8, 4) is 0 Å². The second kappa shape index (κ2) is 14.4. The molecular weight excluding hydrogens is 292 g/mol. The molecule has 1 saturated heterocycles. The Bertz CT molecular complexity index is 278. The summed E-state index contributed by atoms with van der Waals surface area (Å²) in [6.07, 6.45) is 16.5. The molecule has 1 rings (SSSR count). The van der Waals surface area contributed by atoms with Gasteiger partial charge in [0.1, 0.15) is 0 Å². The number of aliphatic imine (C=N–C) groups is 1. The van der Waals surface area contributed by atoms with Crippen molar-refractivity contribution in [2.45, 2.75) is 90.1 Å². The molecule has 4 heteroatoms. The Balaban J connectivity index is 1.81. The fourth-order valence-electron chi connectivity index (χ4n) is 2.79. The van der Waals surface area contributed by atoms with Crippen LogP contribution in [0.4, 0.5) is 0 Å². The molecule has 2 N–H and O–H groups in total. The van der Waals surface area contributed by atoms with Crippen LogP contribution in [0.1, 0.15) is 84.0 Å². The number of unbranched alkanes of at least 4 members (excludes halogenated alkanes) is 9. The van der Waals surface area contributed by atoms with Crippen molar-refractivity contribution in [1.82, 2.24) is 0 Å². The van der Waals surface area contributed by atoms with Gasteiger partial charge in [-0.3, -0.25) is 4.99 Å². The Labute approximate surface area is 141 Å². The molecule has 0 bridgehead atoms. The Kier molecular flexibility index (Phi) is 13.0. The van der Waals surface area contributed by atoms with Gasteiger partial charge in [0, 0.05) is 12.4 Å². The Morgan fingerprint density at radius 3 is 2.27 bits per heavy atom. The molecule has 130 valence electrons. The van der Waals surface area contributed by atoms with Crippen LogP contribution in [0.5, 0.6) is 0 Å². The summed E-state index contributed by atoms with van der Waals surface area (Å²) >= 11 is 1.71. The summed E-state index contributed by atoms with van der Waals surface area (Å²) in [5.74, 6) is 1.11.